The lowest BCUT2D eigenvalue weighted by Gasteiger charge is -2.30. The summed E-state index contributed by atoms with van der Waals surface area (Å²) in [4.78, 5) is 21.6. The van der Waals surface area contributed by atoms with Gasteiger partial charge in [-0.1, -0.05) is 18.2 Å². The van der Waals surface area contributed by atoms with Crippen LogP contribution in [-0.2, 0) is 17.8 Å². The van der Waals surface area contributed by atoms with Crippen LogP contribution in [0, 0.1) is 5.92 Å². The molecular weight excluding hydrogens is 326 g/mol. The number of carbonyl (C=O) groups excluding carboxylic acids is 1. The predicted molar refractivity (Wildman–Crippen MR) is 101 cm³/mol. The summed E-state index contributed by atoms with van der Waals surface area (Å²) in [6.07, 6.45) is 4.88. The Bertz CT molecular complexity index is 748. The van der Waals surface area contributed by atoms with Crippen LogP contribution in [0.1, 0.15) is 37.1 Å². The summed E-state index contributed by atoms with van der Waals surface area (Å²) in [6.45, 7) is 3.64. The van der Waals surface area contributed by atoms with Gasteiger partial charge in [0.2, 0.25) is 11.8 Å². The largest absolute Gasteiger partial charge is 0.441 e. The van der Waals surface area contributed by atoms with Crippen molar-refractivity contribution in [2.75, 3.05) is 26.7 Å². The second-order valence-electron chi connectivity index (χ2n) is 7.61. The third-order valence-corrected chi connectivity index (χ3v) is 5.71. The van der Waals surface area contributed by atoms with Crippen LogP contribution >= 0.6 is 0 Å². The maximum absolute atomic E-state index is 12.6. The summed E-state index contributed by atoms with van der Waals surface area (Å²) in [5.74, 6) is 2.56. The van der Waals surface area contributed by atoms with Gasteiger partial charge in [-0.2, -0.15) is 0 Å². The minimum Gasteiger partial charge on any atom is -0.441 e. The molecule has 0 saturated carbocycles. The lowest BCUT2D eigenvalue weighted by molar-refractivity contribution is -0.132. The van der Waals surface area contributed by atoms with E-state index in [0.717, 1.165) is 49.5 Å². The minimum absolute atomic E-state index is 0.263. The van der Waals surface area contributed by atoms with Gasteiger partial charge in [-0.3, -0.25) is 4.79 Å². The second kappa shape index (κ2) is 7.62. The van der Waals surface area contributed by atoms with Crippen molar-refractivity contribution in [1.82, 2.24) is 14.8 Å². The number of oxazole rings is 1. The number of amides is 1. The van der Waals surface area contributed by atoms with Gasteiger partial charge < -0.3 is 14.2 Å². The van der Waals surface area contributed by atoms with Gasteiger partial charge in [-0.25, -0.2) is 4.98 Å². The standard InChI is InChI=1S/C21H27N3O2/c1-23-12-9-16(10-13-23)7-8-20(25)24-14-11-19-18(15-24)22-21(26-19)17-5-3-2-4-6-17/h2-6,16H,7-15H2,1H3. The molecule has 1 aromatic heterocycles. The first-order chi connectivity index (χ1) is 12.7. The van der Waals surface area contributed by atoms with Crippen LogP contribution in [0.2, 0.25) is 0 Å². The van der Waals surface area contributed by atoms with Gasteiger partial charge in [0.25, 0.3) is 0 Å². The average Bonchev–Trinajstić information content (AvgIpc) is 3.11. The Labute approximate surface area is 155 Å². The van der Waals surface area contributed by atoms with Gasteiger partial charge in [0.15, 0.2) is 0 Å². The van der Waals surface area contributed by atoms with Crippen molar-refractivity contribution in [2.45, 2.75) is 38.6 Å². The molecule has 0 unspecified atom stereocenters. The molecule has 5 nitrogen and oxygen atoms in total. The van der Waals surface area contributed by atoms with Gasteiger partial charge in [-0.05, 0) is 57.5 Å². The van der Waals surface area contributed by atoms with E-state index in [0.29, 0.717) is 24.8 Å². The Balaban J connectivity index is 1.34. The summed E-state index contributed by atoms with van der Waals surface area (Å²) < 4.78 is 5.93. The quantitative estimate of drug-likeness (QED) is 0.846. The van der Waals surface area contributed by atoms with Crippen molar-refractivity contribution >= 4 is 5.91 Å². The van der Waals surface area contributed by atoms with Gasteiger partial charge in [0.05, 0.1) is 6.54 Å². The van der Waals surface area contributed by atoms with Crippen LogP contribution < -0.4 is 0 Å². The van der Waals surface area contributed by atoms with Crippen molar-refractivity contribution in [2.24, 2.45) is 5.92 Å². The summed E-state index contributed by atoms with van der Waals surface area (Å²) >= 11 is 0. The van der Waals surface area contributed by atoms with Crippen molar-refractivity contribution in [3.05, 3.63) is 41.8 Å². The molecule has 0 N–H and O–H groups in total. The molecule has 2 aliphatic heterocycles. The zero-order valence-corrected chi connectivity index (χ0v) is 15.5. The van der Waals surface area contributed by atoms with Gasteiger partial charge >= 0.3 is 0 Å². The van der Waals surface area contributed by atoms with E-state index in [1.807, 2.05) is 35.2 Å². The van der Waals surface area contributed by atoms with Gasteiger partial charge in [0.1, 0.15) is 11.5 Å². The highest BCUT2D eigenvalue weighted by Gasteiger charge is 2.26. The van der Waals surface area contributed by atoms with E-state index in [4.69, 9.17) is 4.42 Å². The molecule has 0 spiro atoms. The molecule has 0 bridgehead atoms. The van der Waals surface area contributed by atoms with Gasteiger partial charge in [0, 0.05) is 24.9 Å². The number of likely N-dealkylation sites (tertiary alicyclic amines) is 1. The number of hydrogen-bond acceptors (Lipinski definition) is 4. The molecule has 5 heteroatoms. The summed E-state index contributed by atoms with van der Waals surface area (Å²) in [5.41, 5.74) is 1.91. The Morgan fingerprint density at radius 3 is 2.73 bits per heavy atom. The van der Waals surface area contributed by atoms with Crippen molar-refractivity contribution in [3.63, 3.8) is 0 Å². The Kier molecular flexibility index (Phi) is 5.07. The SMILES string of the molecule is CN1CCC(CCC(=O)N2CCc3oc(-c4ccccc4)nc3C2)CC1. The monoisotopic (exact) mass is 353 g/mol. The van der Waals surface area contributed by atoms with E-state index in [2.05, 4.69) is 16.9 Å². The molecule has 1 amide bonds. The fraction of sp³-hybridized carbons (Fsp3) is 0.524. The average molecular weight is 353 g/mol. The fourth-order valence-electron chi connectivity index (χ4n) is 3.95. The zero-order chi connectivity index (χ0) is 17.9. The maximum atomic E-state index is 12.6. The number of hydrogen-bond donors (Lipinski definition) is 0. The van der Waals surface area contributed by atoms with E-state index in [-0.39, 0.29) is 5.91 Å². The summed E-state index contributed by atoms with van der Waals surface area (Å²) in [6, 6.07) is 9.95. The molecule has 2 aliphatic rings. The van der Waals surface area contributed by atoms with Crippen molar-refractivity contribution in [3.8, 4) is 11.5 Å². The number of nitrogens with zero attached hydrogens (tertiary/aromatic N) is 3. The van der Waals surface area contributed by atoms with E-state index in [1.54, 1.807) is 0 Å². The molecule has 3 heterocycles. The molecule has 4 rings (SSSR count). The number of rotatable bonds is 4. The Morgan fingerprint density at radius 2 is 1.96 bits per heavy atom. The number of benzene rings is 1. The molecule has 0 aliphatic carbocycles. The lowest BCUT2D eigenvalue weighted by Crippen LogP contribution is -2.36. The van der Waals surface area contributed by atoms with Crippen LogP contribution in [0.5, 0.6) is 0 Å². The molecule has 0 atom stereocenters. The van der Waals surface area contributed by atoms with Crippen LogP contribution in [0.15, 0.2) is 34.7 Å². The van der Waals surface area contributed by atoms with Crippen molar-refractivity contribution in [1.29, 1.82) is 0 Å². The first-order valence-corrected chi connectivity index (χ1v) is 9.69. The van der Waals surface area contributed by atoms with E-state index < -0.39 is 0 Å². The second-order valence-corrected chi connectivity index (χ2v) is 7.61. The molecule has 0 radical (unpaired) electrons. The first-order valence-electron chi connectivity index (χ1n) is 9.69. The highest BCUT2D eigenvalue weighted by Crippen LogP contribution is 2.27. The van der Waals surface area contributed by atoms with Crippen LogP contribution in [0.3, 0.4) is 0 Å². The third kappa shape index (κ3) is 3.83. The first kappa shape index (κ1) is 17.3. The fourth-order valence-corrected chi connectivity index (χ4v) is 3.95. The molecule has 2 aromatic rings. The maximum Gasteiger partial charge on any atom is 0.226 e. The molecule has 138 valence electrons. The van der Waals surface area contributed by atoms with Crippen LogP contribution in [0.4, 0.5) is 0 Å². The number of aromatic nitrogens is 1. The number of fused-ring (bicyclic) bond motifs is 1. The summed E-state index contributed by atoms with van der Waals surface area (Å²) in [5, 5.41) is 0. The normalized spacial score (nSPS) is 18.7. The Morgan fingerprint density at radius 1 is 1.19 bits per heavy atom. The highest BCUT2D eigenvalue weighted by molar-refractivity contribution is 5.76. The Hall–Kier alpha value is -2.14. The number of piperidine rings is 1. The zero-order valence-electron chi connectivity index (χ0n) is 15.5. The smallest absolute Gasteiger partial charge is 0.226 e. The summed E-state index contributed by atoms with van der Waals surface area (Å²) in [7, 11) is 2.17. The highest BCUT2D eigenvalue weighted by atomic mass is 16.4. The number of carbonyl (C=O) groups is 1. The molecule has 26 heavy (non-hydrogen) atoms. The minimum atomic E-state index is 0.263. The van der Waals surface area contributed by atoms with Crippen LogP contribution in [0.25, 0.3) is 11.5 Å². The predicted octanol–water partition coefficient (Wildman–Crippen LogP) is 3.35. The van der Waals surface area contributed by atoms with E-state index in [9.17, 15) is 4.79 Å². The van der Waals surface area contributed by atoms with Crippen LogP contribution in [-0.4, -0.2) is 47.4 Å². The third-order valence-electron chi connectivity index (χ3n) is 5.71. The molecule has 1 saturated heterocycles. The topological polar surface area (TPSA) is 49.6 Å². The molecular formula is C21H27N3O2. The lowest BCUT2D eigenvalue weighted by atomic mass is 9.92. The van der Waals surface area contributed by atoms with Gasteiger partial charge in [-0.15, -0.1) is 0 Å². The molecule has 1 aromatic carbocycles. The molecule has 1 fully saturated rings. The van der Waals surface area contributed by atoms with E-state index in [1.165, 1.54) is 12.8 Å². The van der Waals surface area contributed by atoms with E-state index >= 15 is 0 Å². The van der Waals surface area contributed by atoms with Crippen molar-refractivity contribution < 1.29 is 9.21 Å².